The van der Waals surface area contributed by atoms with E-state index in [0.717, 1.165) is 25.7 Å². The Kier molecular flexibility index (Phi) is 18.6. The zero-order valence-corrected chi connectivity index (χ0v) is 31.2. The molecule has 0 spiro atoms. The van der Waals surface area contributed by atoms with Gasteiger partial charge in [0.15, 0.2) is 0 Å². The Bertz CT molecular complexity index is 1460. The van der Waals surface area contributed by atoms with Crippen molar-refractivity contribution in [1.82, 2.24) is 13.7 Å². The van der Waals surface area contributed by atoms with E-state index in [1.165, 1.54) is 13.7 Å². The molecule has 0 atom stereocenters. The highest BCUT2D eigenvalue weighted by Crippen LogP contribution is 2.32. The average molecular weight is 748 g/mol. The van der Waals surface area contributed by atoms with E-state index in [-0.39, 0.29) is 74.6 Å². The van der Waals surface area contributed by atoms with Crippen molar-refractivity contribution >= 4 is 18.1 Å². The summed E-state index contributed by atoms with van der Waals surface area (Å²) in [5, 5.41) is 0. The van der Waals surface area contributed by atoms with Gasteiger partial charge in [0.1, 0.15) is 6.61 Å². The maximum atomic E-state index is 13.9. The first-order valence-corrected chi connectivity index (χ1v) is 19.3. The number of hydrogen-bond donors (Lipinski definition) is 0. The third-order valence-corrected chi connectivity index (χ3v) is 10.9. The summed E-state index contributed by atoms with van der Waals surface area (Å²) in [6, 6.07) is -0.177. The third kappa shape index (κ3) is 14.0. The van der Waals surface area contributed by atoms with Crippen LogP contribution in [0.4, 0.5) is 0 Å². The van der Waals surface area contributed by atoms with Crippen LogP contribution in [0.25, 0.3) is 0 Å². The number of aromatic nitrogens is 3. The van der Waals surface area contributed by atoms with Gasteiger partial charge in [-0.05, 0) is 101 Å². The molecular formula is C37H57N5O11. The molecule has 0 aliphatic heterocycles. The molecule has 3 aliphatic rings. The van der Waals surface area contributed by atoms with Gasteiger partial charge in [-0.3, -0.25) is 4.79 Å². The number of esters is 1. The first kappa shape index (κ1) is 42.2. The van der Waals surface area contributed by atoms with E-state index in [2.05, 4.69) is 9.98 Å². The van der Waals surface area contributed by atoms with Crippen molar-refractivity contribution in [3.05, 3.63) is 31.5 Å². The zero-order valence-electron chi connectivity index (χ0n) is 31.2. The molecule has 53 heavy (non-hydrogen) atoms. The summed E-state index contributed by atoms with van der Waals surface area (Å²) in [7, 11) is 1.62. The second-order valence-corrected chi connectivity index (χ2v) is 14.6. The maximum absolute atomic E-state index is 13.9. The van der Waals surface area contributed by atoms with Gasteiger partial charge < -0.3 is 23.7 Å². The first-order valence-electron chi connectivity index (χ1n) is 19.3. The predicted octanol–water partition coefficient (Wildman–Crippen LogP) is 2.40. The summed E-state index contributed by atoms with van der Waals surface area (Å²) >= 11 is 0. The first-order chi connectivity index (χ1) is 25.8. The second kappa shape index (κ2) is 23.3. The smallest absolute Gasteiger partial charge is 0.336 e. The molecule has 16 nitrogen and oxygen atoms in total. The van der Waals surface area contributed by atoms with Gasteiger partial charge in [0.25, 0.3) is 0 Å². The Morgan fingerprint density at radius 1 is 0.547 bits per heavy atom. The van der Waals surface area contributed by atoms with Crippen LogP contribution in [-0.4, -0.2) is 104 Å². The van der Waals surface area contributed by atoms with E-state index in [0.29, 0.717) is 97.4 Å². The topological polar surface area (TPSA) is 188 Å². The monoisotopic (exact) mass is 747 g/mol. The van der Waals surface area contributed by atoms with Gasteiger partial charge in [-0.2, -0.15) is 0 Å². The molecule has 16 heteroatoms. The lowest BCUT2D eigenvalue weighted by Crippen LogP contribution is -2.56. The standard InChI is InChI=1S/C37H57N5O11/c1-49-14-15-50-16-17-51-18-19-52-20-21-53-34(45)22-28-2-4-29(5-3-28)23-40-35(46)41(24-30-6-10-32(11-7-30)38-26-43)37(48)42(36(40)47)25-31-8-12-33(13-9-31)39-27-44/h28-33H,2-25H2,1H3. The minimum absolute atomic E-state index is 0.0484. The van der Waals surface area contributed by atoms with E-state index in [1.54, 1.807) is 19.3 Å². The molecule has 296 valence electrons. The number of isocyanates is 2. The van der Waals surface area contributed by atoms with Crippen LogP contribution in [0.2, 0.25) is 0 Å². The van der Waals surface area contributed by atoms with Gasteiger partial charge in [0.2, 0.25) is 12.2 Å². The van der Waals surface area contributed by atoms with Gasteiger partial charge in [-0.25, -0.2) is 47.7 Å². The SMILES string of the molecule is COCCOCCOCCOCCOC(=O)CC1CCC(Cn2c(=O)n(CC3CCC(N=C=O)CC3)c(=O)n(CC3CCC(N=C=O)CC3)c2=O)CC1. The fourth-order valence-electron chi connectivity index (χ4n) is 7.80. The lowest BCUT2D eigenvalue weighted by atomic mass is 9.80. The van der Waals surface area contributed by atoms with Crippen LogP contribution in [0.1, 0.15) is 83.5 Å². The van der Waals surface area contributed by atoms with Crippen molar-refractivity contribution in [3.63, 3.8) is 0 Å². The van der Waals surface area contributed by atoms with Gasteiger partial charge in [-0.15, -0.1) is 0 Å². The lowest BCUT2D eigenvalue weighted by Gasteiger charge is -2.29. The summed E-state index contributed by atoms with van der Waals surface area (Å²) in [5.41, 5.74) is -1.75. The fraction of sp³-hybridized carbons (Fsp3) is 0.838. The van der Waals surface area contributed by atoms with Crippen LogP contribution >= 0.6 is 0 Å². The van der Waals surface area contributed by atoms with E-state index in [4.69, 9.17) is 23.7 Å². The Morgan fingerprint density at radius 3 is 1.26 bits per heavy atom. The minimum Gasteiger partial charge on any atom is -0.463 e. The van der Waals surface area contributed by atoms with Crippen molar-refractivity contribution in [2.45, 2.75) is 115 Å². The van der Waals surface area contributed by atoms with Crippen LogP contribution in [0, 0.1) is 23.7 Å². The molecule has 3 fully saturated rings. The van der Waals surface area contributed by atoms with Crippen molar-refractivity contribution in [2.24, 2.45) is 33.7 Å². The molecule has 0 bridgehead atoms. The molecule has 0 amide bonds. The number of hydrogen-bond acceptors (Lipinski definition) is 13. The molecule has 3 saturated carbocycles. The summed E-state index contributed by atoms with van der Waals surface area (Å²) in [6.07, 6.45) is 12.2. The number of aliphatic imine (C=N–C) groups is 2. The summed E-state index contributed by atoms with van der Waals surface area (Å²) < 4.78 is 30.2. The number of ether oxygens (including phenoxy) is 5. The summed E-state index contributed by atoms with van der Waals surface area (Å²) in [4.78, 5) is 83.2. The summed E-state index contributed by atoms with van der Waals surface area (Å²) in [6.45, 7) is 3.91. The van der Waals surface area contributed by atoms with Crippen LogP contribution in [0.15, 0.2) is 24.4 Å². The van der Waals surface area contributed by atoms with Crippen LogP contribution < -0.4 is 17.1 Å². The minimum atomic E-state index is -0.585. The van der Waals surface area contributed by atoms with Crippen molar-refractivity contribution in [2.75, 3.05) is 60.0 Å². The van der Waals surface area contributed by atoms with E-state index < -0.39 is 17.1 Å². The van der Waals surface area contributed by atoms with E-state index >= 15 is 0 Å². The quantitative estimate of drug-likeness (QED) is 0.0734. The second-order valence-electron chi connectivity index (χ2n) is 14.6. The molecule has 0 aromatic carbocycles. The fourth-order valence-corrected chi connectivity index (χ4v) is 7.80. The highest BCUT2D eigenvalue weighted by atomic mass is 16.6. The van der Waals surface area contributed by atoms with Crippen LogP contribution in [0.3, 0.4) is 0 Å². The molecule has 4 rings (SSSR count). The highest BCUT2D eigenvalue weighted by Gasteiger charge is 2.29. The molecule has 0 unspecified atom stereocenters. The molecular weight excluding hydrogens is 690 g/mol. The molecule has 0 N–H and O–H groups in total. The van der Waals surface area contributed by atoms with Gasteiger partial charge in [0.05, 0.1) is 58.3 Å². The molecule has 0 saturated heterocycles. The van der Waals surface area contributed by atoms with Gasteiger partial charge >= 0.3 is 23.0 Å². The highest BCUT2D eigenvalue weighted by molar-refractivity contribution is 5.69. The number of carbonyl (C=O) groups excluding carboxylic acids is 3. The normalized spacial score (nSPS) is 24.5. The molecule has 0 radical (unpaired) electrons. The van der Waals surface area contributed by atoms with Crippen molar-refractivity contribution < 1.29 is 38.1 Å². The number of rotatable bonds is 22. The van der Waals surface area contributed by atoms with Crippen molar-refractivity contribution in [3.8, 4) is 0 Å². The number of methoxy groups -OCH3 is 1. The van der Waals surface area contributed by atoms with Gasteiger partial charge in [-0.1, -0.05) is 0 Å². The van der Waals surface area contributed by atoms with Gasteiger partial charge in [0, 0.05) is 33.2 Å². The number of nitrogens with zero attached hydrogens (tertiary/aromatic N) is 5. The Hall–Kier alpha value is -3.52. The van der Waals surface area contributed by atoms with Crippen LogP contribution in [-0.2, 0) is 57.7 Å². The lowest BCUT2D eigenvalue weighted by molar-refractivity contribution is -0.146. The Labute approximate surface area is 309 Å². The zero-order chi connectivity index (χ0) is 37.8. The Morgan fingerprint density at radius 2 is 0.887 bits per heavy atom. The van der Waals surface area contributed by atoms with E-state index in [1.807, 2.05) is 0 Å². The van der Waals surface area contributed by atoms with E-state index in [9.17, 15) is 28.8 Å². The largest absolute Gasteiger partial charge is 0.463 e. The molecule has 3 aliphatic carbocycles. The predicted molar refractivity (Wildman–Crippen MR) is 192 cm³/mol. The maximum Gasteiger partial charge on any atom is 0.336 e. The summed E-state index contributed by atoms with van der Waals surface area (Å²) in [5.74, 6) is 0.0260. The average Bonchev–Trinajstić information content (AvgIpc) is 3.16. The molecule has 1 aromatic rings. The van der Waals surface area contributed by atoms with Crippen LogP contribution in [0.5, 0.6) is 0 Å². The number of carbonyl (C=O) groups is 1. The molecule has 1 heterocycles. The Balaban J connectivity index is 1.28. The third-order valence-electron chi connectivity index (χ3n) is 10.9. The molecule has 1 aromatic heterocycles. The van der Waals surface area contributed by atoms with Crippen molar-refractivity contribution in [1.29, 1.82) is 0 Å².